The standard InChI is InChI=1S/C20H18N6O/c21-14-4-1-12(2-5-14)18-19(26-16(25-18)9-10-23-20(26)22)13-3-8-17(24-11-13)27-15-6-7-15/h1-5,8-11,15H,6-7,21H2,(H2,22,23). The molecule has 0 atom stereocenters. The summed E-state index contributed by atoms with van der Waals surface area (Å²) in [5.41, 5.74) is 16.9. The molecule has 1 saturated carbocycles. The number of pyridine rings is 1. The Bertz CT molecular complexity index is 1110. The second kappa shape index (κ2) is 5.98. The average Bonchev–Trinajstić information content (AvgIpc) is 3.40. The van der Waals surface area contributed by atoms with Gasteiger partial charge in [0.2, 0.25) is 11.8 Å². The summed E-state index contributed by atoms with van der Waals surface area (Å²) in [6.07, 6.45) is 5.94. The zero-order valence-electron chi connectivity index (χ0n) is 14.5. The summed E-state index contributed by atoms with van der Waals surface area (Å²) in [5.74, 6) is 1.00. The minimum absolute atomic E-state index is 0.310. The first-order chi connectivity index (χ1) is 13.2. The molecule has 1 aliphatic carbocycles. The second-order valence-electron chi connectivity index (χ2n) is 6.63. The molecule has 1 aliphatic rings. The smallest absolute Gasteiger partial charge is 0.213 e. The van der Waals surface area contributed by atoms with E-state index in [0.29, 0.717) is 23.6 Å². The Kier molecular flexibility index (Phi) is 3.46. The monoisotopic (exact) mass is 358 g/mol. The van der Waals surface area contributed by atoms with E-state index in [1.165, 1.54) is 0 Å². The lowest BCUT2D eigenvalue weighted by molar-refractivity contribution is 0.291. The van der Waals surface area contributed by atoms with Crippen LogP contribution < -0.4 is 16.2 Å². The van der Waals surface area contributed by atoms with Gasteiger partial charge in [0.25, 0.3) is 0 Å². The van der Waals surface area contributed by atoms with Gasteiger partial charge in [0.1, 0.15) is 11.8 Å². The van der Waals surface area contributed by atoms with Crippen LogP contribution in [0.25, 0.3) is 28.2 Å². The SMILES string of the molecule is Nc1ccc(-c2nc3ccnc(N)n3c2-c2ccc(OC3CC3)nc2)cc1. The number of benzene rings is 1. The summed E-state index contributed by atoms with van der Waals surface area (Å²) in [7, 11) is 0. The van der Waals surface area contributed by atoms with E-state index < -0.39 is 0 Å². The summed E-state index contributed by atoms with van der Waals surface area (Å²) in [6.45, 7) is 0. The fraction of sp³-hybridized carbons (Fsp3) is 0.150. The van der Waals surface area contributed by atoms with Crippen molar-refractivity contribution in [2.24, 2.45) is 0 Å². The zero-order valence-corrected chi connectivity index (χ0v) is 14.5. The van der Waals surface area contributed by atoms with Crippen LogP contribution in [0.1, 0.15) is 12.8 Å². The van der Waals surface area contributed by atoms with Gasteiger partial charge in [-0.3, -0.25) is 4.40 Å². The van der Waals surface area contributed by atoms with E-state index in [-0.39, 0.29) is 0 Å². The highest BCUT2D eigenvalue weighted by molar-refractivity contribution is 5.83. The van der Waals surface area contributed by atoms with Crippen molar-refractivity contribution in [3.8, 4) is 28.4 Å². The molecule has 0 aliphatic heterocycles. The molecule has 0 saturated heterocycles. The Hall–Kier alpha value is -3.61. The number of aromatic nitrogens is 4. The summed E-state index contributed by atoms with van der Waals surface area (Å²) in [5, 5.41) is 0. The third-order valence-electron chi connectivity index (χ3n) is 4.57. The molecule has 4 N–H and O–H groups in total. The van der Waals surface area contributed by atoms with Gasteiger partial charge in [-0.25, -0.2) is 15.0 Å². The van der Waals surface area contributed by atoms with Crippen molar-refractivity contribution in [1.29, 1.82) is 0 Å². The summed E-state index contributed by atoms with van der Waals surface area (Å²) < 4.78 is 7.59. The molecule has 1 aromatic carbocycles. The van der Waals surface area contributed by atoms with Gasteiger partial charge < -0.3 is 16.2 Å². The zero-order chi connectivity index (χ0) is 18.4. The molecule has 0 spiro atoms. The molecule has 1 fully saturated rings. The Morgan fingerprint density at radius 1 is 0.926 bits per heavy atom. The Balaban J connectivity index is 1.68. The number of rotatable bonds is 4. The largest absolute Gasteiger partial charge is 0.474 e. The first-order valence-corrected chi connectivity index (χ1v) is 8.81. The van der Waals surface area contributed by atoms with Crippen molar-refractivity contribution in [3.63, 3.8) is 0 Å². The summed E-state index contributed by atoms with van der Waals surface area (Å²) >= 11 is 0. The minimum Gasteiger partial charge on any atom is -0.474 e. The maximum absolute atomic E-state index is 6.16. The predicted octanol–water partition coefficient (Wildman–Crippen LogP) is 3.16. The van der Waals surface area contributed by atoms with Crippen LogP contribution in [-0.2, 0) is 0 Å². The van der Waals surface area contributed by atoms with E-state index in [4.69, 9.17) is 21.2 Å². The lowest BCUT2D eigenvalue weighted by Crippen LogP contribution is -2.02. The first kappa shape index (κ1) is 15.6. The molecular formula is C20H18N6O. The van der Waals surface area contributed by atoms with E-state index in [1.54, 1.807) is 12.4 Å². The fourth-order valence-corrected chi connectivity index (χ4v) is 3.07. The molecule has 0 unspecified atom stereocenters. The van der Waals surface area contributed by atoms with E-state index >= 15 is 0 Å². The molecule has 0 radical (unpaired) electrons. The average molecular weight is 358 g/mol. The van der Waals surface area contributed by atoms with Crippen LogP contribution in [0, 0.1) is 0 Å². The van der Waals surface area contributed by atoms with Crippen molar-refractivity contribution in [2.45, 2.75) is 18.9 Å². The number of ether oxygens (including phenoxy) is 1. The van der Waals surface area contributed by atoms with Crippen LogP contribution in [0.4, 0.5) is 11.6 Å². The van der Waals surface area contributed by atoms with Crippen molar-refractivity contribution in [2.75, 3.05) is 11.5 Å². The normalized spacial score (nSPS) is 13.8. The second-order valence-corrected chi connectivity index (χ2v) is 6.63. The maximum Gasteiger partial charge on any atom is 0.213 e. The van der Waals surface area contributed by atoms with Crippen molar-refractivity contribution in [1.82, 2.24) is 19.4 Å². The highest BCUT2D eigenvalue weighted by atomic mass is 16.5. The number of nitrogens with two attached hydrogens (primary N) is 2. The van der Waals surface area contributed by atoms with Gasteiger partial charge in [-0.15, -0.1) is 0 Å². The van der Waals surface area contributed by atoms with Gasteiger partial charge in [-0.1, -0.05) is 12.1 Å². The van der Waals surface area contributed by atoms with E-state index in [0.717, 1.165) is 41.0 Å². The first-order valence-electron chi connectivity index (χ1n) is 8.81. The number of fused-ring (bicyclic) bond motifs is 1. The molecule has 7 nitrogen and oxygen atoms in total. The lowest BCUT2D eigenvalue weighted by Gasteiger charge is -2.08. The molecule has 3 aromatic heterocycles. The van der Waals surface area contributed by atoms with Gasteiger partial charge in [-0.2, -0.15) is 0 Å². The van der Waals surface area contributed by atoms with Crippen LogP contribution in [0.2, 0.25) is 0 Å². The van der Waals surface area contributed by atoms with Crippen molar-refractivity contribution >= 4 is 17.3 Å². The molecule has 5 rings (SSSR count). The Morgan fingerprint density at radius 3 is 2.41 bits per heavy atom. The molecule has 0 bridgehead atoms. The number of nitrogen functional groups attached to an aromatic ring is 2. The number of nitrogens with zero attached hydrogens (tertiary/aromatic N) is 4. The quantitative estimate of drug-likeness (QED) is 0.543. The van der Waals surface area contributed by atoms with Gasteiger partial charge in [0, 0.05) is 35.3 Å². The number of anilines is 2. The van der Waals surface area contributed by atoms with E-state index in [1.807, 2.05) is 46.9 Å². The third-order valence-corrected chi connectivity index (χ3v) is 4.57. The maximum atomic E-state index is 6.16. The molecule has 134 valence electrons. The van der Waals surface area contributed by atoms with Crippen LogP contribution in [0.3, 0.4) is 0 Å². The lowest BCUT2D eigenvalue weighted by atomic mass is 10.1. The van der Waals surface area contributed by atoms with Gasteiger partial charge >= 0.3 is 0 Å². The van der Waals surface area contributed by atoms with Crippen molar-refractivity contribution < 1.29 is 4.74 Å². The molecular weight excluding hydrogens is 340 g/mol. The highest BCUT2D eigenvalue weighted by Gasteiger charge is 2.24. The fourth-order valence-electron chi connectivity index (χ4n) is 3.07. The summed E-state index contributed by atoms with van der Waals surface area (Å²) in [4.78, 5) is 13.4. The number of hydrogen-bond acceptors (Lipinski definition) is 6. The molecule has 4 aromatic rings. The highest BCUT2D eigenvalue weighted by Crippen LogP contribution is 2.34. The topological polar surface area (TPSA) is 104 Å². The van der Waals surface area contributed by atoms with E-state index in [9.17, 15) is 0 Å². The predicted molar refractivity (Wildman–Crippen MR) is 104 cm³/mol. The molecule has 27 heavy (non-hydrogen) atoms. The molecule has 7 heteroatoms. The van der Waals surface area contributed by atoms with Crippen molar-refractivity contribution in [3.05, 3.63) is 54.9 Å². The van der Waals surface area contributed by atoms with Gasteiger partial charge in [-0.05, 0) is 37.1 Å². The van der Waals surface area contributed by atoms with Gasteiger partial charge in [0.15, 0.2) is 0 Å². The van der Waals surface area contributed by atoms with Crippen LogP contribution in [0.15, 0.2) is 54.9 Å². The molecule has 0 amide bonds. The van der Waals surface area contributed by atoms with E-state index in [2.05, 4.69) is 9.97 Å². The minimum atomic E-state index is 0.310. The van der Waals surface area contributed by atoms with Crippen LogP contribution in [0.5, 0.6) is 5.88 Å². The third kappa shape index (κ3) is 2.83. The molecule has 3 heterocycles. The Labute approximate surface area is 155 Å². The summed E-state index contributed by atoms with van der Waals surface area (Å²) in [6, 6.07) is 13.3. The Morgan fingerprint density at radius 2 is 1.70 bits per heavy atom. The van der Waals surface area contributed by atoms with Crippen LogP contribution in [-0.4, -0.2) is 25.5 Å². The number of imidazole rings is 1. The number of hydrogen-bond donors (Lipinski definition) is 2. The van der Waals surface area contributed by atoms with Crippen LogP contribution >= 0.6 is 0 Å². The van der Waals surface area contributed by atoms with Gasteiger partial charge in [0.05, 0.1) is 11.4 Å².